The Kier molecular flexibility index (Phi) is 3.31. The first-order valence-electron chi connectivity index (χ1n) is 6.29. The van der Waals surface area contributed by atoms with Gasteiger partial charge in [0.25, 0.3) is 5.91 Å². The maximum Gasteiger partial charge on any atom is 0.256 e. The van der Waals surface area contributed by atoms with Gasteiger partial charge < -0.3 is 15.2 Å². The molecule has 106 valence electrons. The molecule has 1 aliphatic heterocycles. The van der Waals surface area contributed by atoms with Gasteiger partial charge in [0.15, 0.2) is 11.5 Å². The molecule has 21 heavy (non-hydrogen) atoms. The number of hydrogen-bond acceptors (Lipinski definition) is 3. The number of phenolic OH excluding ortho intramolecular Hbond substituents is 1. The molecule has 0 fully saturated rings. The lowest BCUT2D eigenvalue weighted by atomic mass is 10.0. The molecule has 0 atom stereocenters. The monoisotopic (exact) mass is 301 g/mol. The summed E-state index contributed by atoms with van der Waals surface area (Å²) in [5.74, 6) is 0.135. The molecule has 2 aromatic rings. The number of para-hydroxylation sites is 1. The summed E-state index contributed by atoms with van der Waals surface area (Å²) in [7, 11) is 1.48. The number of phenols is 1. The summed E-state index contributed by atoms with van der Waals surface area (Å²) < 4.78 is 5.06. The van der Waals surface area contributed by atoms with Crippen LogP contribution in [0.1, 0.15) is 11.1 Å². The Morgan fingerprint density at radius 2 is 2.10 bits per heavy atom. The molecule has 1 amide bonds. The number of benzene rings is 2. The molecule has 4 nitrogen and oxygen atoms in total. The molecule has 0 saturated heterocycles. The minimum atomic E-state index is -0.227. The highest BCUT2D eigenvalue weighted by atomic mass is 35.5. The van der Waals surface area contributed by atoms with Crippen molar-refractivity contribution in [3.63, 3.8) is 0 Å². The number of halogens is 1. The zero-order valence-electron chi connectivity index (χ0n) is 11.2. The van der Waals surface area contributed by atoms with Gasteiger partial charge in [-0.2, -0.15) is 0 Å². The number of carbonyl (C=O) groups is 1. The van der Waals surface area contributed by atoms with E-state index in [0.29, 0.717) is 27.6 Å². The van der Waals surface area contributed by atoms with Crippen LogP contribution in [0.25, 0.3) is 11.6 Å². The second kappa shape index (κ2) is 5.14. The van der Waals surface area contributed by atoms with E-state index in [0.717, 1.165) is 5.56 Å². The van der Waals surface area contributed by atoms with Gasteiger partial charge in [-0.15, -0.1) is 0 Å². The molecule has 5 heteroatoms. The number of anilines is 1. The lowest BCUT2D eigenvalue weighted by molar-refractivity contribution is -0.110. The first-order chi connectivity index (χ1) is 10.1. The summed E-state index contributed by atoms with van der Waals surface area (Å²) >= 11 is 5.92. The number of ether oxygens (including phenoxy) is 1. The molecule has 2 aromatic carbocycles. The normalized spacial score (nSPS) is 15.0. The van der Waals surface area contributed by atoms with Crippen molar-refractivity contribution in [2.75, 3.05) is 12.4 Å². The maximum absolute atomic E-state index is 12.1. The second-order valence-electron chi connectivity index (χ2n) is 4.60. The van der Waals surface area contributed by atoms with Crippen LogP contribution in [0.4, 0.5) is 5.69 Å². The van der Waals surface area contributed by atoms with Crippen LogP contribution in [0.5, 0.6) is 11.5 Å². The Balaban J connectivity index is 2.11. The molecule has 0 radical (unpaired) electrons. The van der Waals surface area contributed by atoms with Crippen LogP contribution in [0, 0.1) is 0 Å². The van der Waals surface area contributed by atoms with Crippen molar-refractivity contribution in [3.05, 3.63) is 52.5 Å². The van der Waals surface area contributed by atoms with Crippen LogP contribution in [0.15, 0.2) is 36.4 Å². The summed E-state index contributed by atoms with van der Waals surface area (Å²) in [4.78, 5) is 12.1. The highest BCUT2D eigenvalue weighted by Gasteiger charge is 2.24. The van der Waals surface area contributed by atoms with Crippen LogP contribution < -0.4 is 10.1 Å². The highest BCUT2D eigenvalue weighted by molar-refractivity contribution is 6.36. The average Bonchev–Trinajstić information content (AvgIpc) is 2.76. The van der Waals surface area contributed by atoms with Gasteiger partial charge in [-0.05, 0) is 24.3 Å². The molecular weight excluding hydrogens is 290 g/mol. The van der Waals surface area contributed by atoms with Gasteiger partial charge in [-0.25, -0.2) is 0 Å². The van der Waals surface area contributed by atoms with Crippen LogP contribution in [0.3, 0.4) is 0 Å². The smallest absolute Gasteiger partial charge is 0.256 e. The lowest BCUT2D eigenvalue weighted by Crippen LogP contribution is -2.03. The molecule has 0 unspecified atom stereocenters. The molecule has 0 saturated carbocycles. The second-order valence-corrected chi connectivity index (χ2v) is 5.04. The standard InChI is InChI=1S/C16H12ClNO3/c1-21-14-4-2-3-9(15(14)19)7-12-11-6-5-10(17)8-13(11)18-16(12)20/h2-8,19H,1H3,(H,18,20)/b12-7-. The molecule has 0 aliphatic carbocycles. The molecule has 0 bridgehead atoms. The fourth-order valence-corrected chi connectivity index (χ4v) is 2.46. The molecule has 3 rings (SSSR count). The van der Waals surface area contributed by atoms with Gasteiger partial charge in [0.2, 0.25) is 0 Å². The Morgan fingerprint density at radius 1 is 1.29 bits per heavy atom. The van der Waals surface area contributed by atoms with Crippen LogP contribution >= 0.6 is 11.6 Å². The van der Waals surface area contributed by atoms with E-state index >= 15 is 0 Å². The van der Waals surface area contributed by atoms with E-state index in [9.17, 15) is 9.90 Å². The third kappa shape index (κ3) is 2.34. The van der Waals surface area contributed by atoms with Crippen LogP contribution in [-0.4, -0.2) is 18.1 Å². The van der Waals surface area contributed by atoms with Crippen molar-refractivity contribution in [3.8, 4) is 11.5 Å². The van der Waals surface area contributed by atoms with Crippen molar-refractivity contribution < 1.29 is 14.6 Å². The number of hydrogen-bond donors (Lipinski definition) is 2. The fourth-order valence-electron chi connectivity index (χ4n) is 2.29. The largest absolute Gasteiger partial charge is 0.504 e. The van der Waals surface area contributed by atoms with E-state index in [4.69, 9.17) is 16.3 Å². The van der Waals surface area contributed by atoms with Crippen molar-refractivity contribution in [2.24, 2.45) is 0 Å². The predicted molar refractivity (Wildman–Crippen MR) is 82.6 cm³/mol. The molecular formula is C16H12ClNO3. The Labute approximate surface area is 126 Å². The zero-order chi connectivity index (χ0) is 15.0. The number of rotatable bonds is 2. The maximum atomic E-state index is 12.1. The van der Waals surface area contributed by atoms with Gasteiger partial charge in [-0.1, -0.05) is 29.8 Å². The first-order valence-corrected chi connectivity index (χ1v) is 6.67. The number of carbonyl (C=O) groups excluding carboxylic acids is 1. The quantitative estimate of drug-likeness (QED) is 0.834. The van der Waals surface area contributed by atoms with E-state index < -0.39 is 0 Å². The van der Waals surface area contributed by atoms with E-state index in [1.165, 1.54) is 7.11 Å². The van der Waals surface area contributed by atoms with Crippen molar-refractivity contribution in [2.45, 2.75) is 0 Å². The van der Waals surface area contributed by atoms with E-state index in [1.54, 1.807) is 42.5 Å². The zero-order valence-corrected chi connectivity index (χ0v) is 11.9. The number of amides is 1. The molecule has 0 aromatic heterocycles. The number of methoxy groups -OCH3 is 1. The van der Waals surface area contributed by atoms with Crippen molar-refractivity contribution in [1.29, 1.82) is 0 Å². The van der Waals surface area contributed by atoms with Gasteiger partial charge in [0, 0.05) is 21.7 Å². The van der Waals surface area contributed by atoms with Gasteiger partial charge in [0.1, 0.15) is 0 Å². The average molecular weight is 302 g/mol. The molecule has 0 spiro atoms. The summed E-state index contributed by atoms with van der Waals surface area (Å²) in [6.07, 6.45) is 1.63. The van der Waals surface area contributed by atoms with Gasteiger partial charge in [-0.3, -0.25) is 4.79 Å². The summed E-state index contributed by atoms with van der Waals surface area (Å²) in [6.45, 7) is 0. The van der Waals surface area contributed by atoms with Crippen molar-refractivity contribution in [1.82, 2.24) is 0 Å². The Hall–Kier alpha value is -2.46. The molecule has 1 heterocycles. The summed E-state index contributed by atoms with van der Waals surface area (Å²) in [6, 6.07) is 10.3. The predicted octanol–water partition coefficient (Wildman–Crippen LogP) is 3.55. The first kappa shape index (κ1) is 13.5. The number of aromatic hydroxyl groups is 1. The summed E-state index contributed by atoms with van der Waals surface area (Å²) in [5.41, 5.74) is 2.42. The third-order valence-corrected chi connectivity index (χ3v) is 3.55. The van der Waals surface area contributed by atoms with E-state index in [2.05, 4.69) is 5.32 Å². The SMILES string of the molecule is COc1cccc(/C=C2\C(=O)Nc3cc(Cl)ccc32)c1O. The Bertz CT molecular complexity index is 768. The number of fused-ring (bicyclic) bond motifs is 1. The van der Waals surface area contributed by atoms with E-state index in [1.807, 2.05) is 0 Å². The molecule has 1 aliphatic rings. The molecule has 2 N–H and O–H groups in total. The number of nitrogens with one attached hydrogen (secondary N) is 1. The topological polar surface area (TPSA) is 58.6 Å². The lowest BCUT2D eigenvalue weighted by Gasteiger charge is -2.06. The minimum absolute atomic E-state index is 0.00251. The van der Waals surface area contributed by atoms with Gasteiger partial charge >= 0.3 is 0 Å². The third-order valence-electron chi connectivity index (χ3n) is 3.31. The van der Waals surface area contributed by atoms with Crippen molar-refractivity contribution >= 4 is 34.8 Å². The van der Waals surface area contributed by atoms with Crippen LogP contribution in [-0.2, 0) is 4.79 Å². The van der Waals surface area contributed by atoms with E-state index in [-0.39, 0.29) is 11.7 Å². The highest BCUT2D eigenvalue weighted by Crippen LogP contribution is 2.37. The summed E-state index contributed by atoms with van der Waals surface area (Å²) in [5, 5.41) is 13.4. The fraction of sp³-hybridized carbons (Fsp3) is 0.0625. The Morgan fingerprint density at radius 3 is 2.86 bits per heavy atom. The minimum Gasteiger partial charge on any atom is -0.504 e. The van der Waals surface area contributed by atoms with Crippen LogP contribution in [0.2, 0.25) is 5.02 Å². The van der Waals surface area contributed by atoms with Gasteiger partial charge in [0.05, 0.1) is 12.8 Å².